The topological polar surface area (TPSA) is 62.0 Å². The Balaban J connectivity index is 1.39. The Labute approximate surface area is 166 Å². The first-order valence-corrected chi connectivity index (χ1v) is 10.5. The fourth-order valence-corrected chi connectivity index (χ4v) is 4.75. The Hall–Kier alpha value is -2.40. The van der Waals surface area contributed by atoms with Crippen molar-refractivity contribution in [3.63, 3.8) is 0 Å². The van der Waals surface area contributed by atoms with Crippen LogP contribution in [0.4, 0.5) is 5.13 Å². The molecular formula is C20H18N4OS2. The minimum absolute atomic E-state index is 0.698. The van der Waals surface area contributed by atoms with Crippen LogP contribution in [0.5, 0.6) is 0 Å². The molecule has 0 unspecified atom stereocenters. The molecule has 4 rings (SSSR count). The van der Waals surface area contributed by atoms with Gasteiger partial charge in [-0.05, 0) is 22.8 Å². The van der Waals surface area contributed by atoms with Gasteiger partial charge in [0.05, 0.1) is 24.8 Å². The Kier molecular flexibility index (Phi) is 5.68. The second kappa shape index (κ2) is 8.53. The van der Waals surface area contributed by atoms with Gasteiger partial charge in [-0.15, -0.1) is 10.2 Å². The van der Waals surface area contributed by atoms with Crippen molar-refractivity contribution in [2.24, 2.45) is 0 Å². The van der Waals surface area contributed by atoms with Crippen LogP contribution >= 0.6 is 23.1 Å². The van der Waals surface area contributed by atoms with E-state index in [1.165, 1.54) is 5.56 Å². The number of aromatic nitrogens is 2. The largest absolute Gasteiger partial charge is 0.378 e. The SMILES string of the molecule is N#Cc1ccccc1-c1ccc(CSc2nnc(N3CCOCC3)s2)cc1. The van der Waals surface area contributed by atoms with Crippen molar-refractivity contribution in [3.05, 3.63) is 59.7 Å². The summed E-state index contributed by atoms with van der Waals surface area (Å²) < 4.78 is 6.36. The molecule has 1 saturated heterocycles. The molecule has 1 aliphatic heterocycles. The lowest BCUT2D eigenvalue weighted by Gasteiger charge is -2.25. The molecule has 0 N–H and O–H groups in total. The predicted octanol–water partition coefficient (Wildman–Crippen LogP) is 4.21. The van der Waals surface area contributed by atoms with Gasteiger partial charge in [0.15, 0.2) is 4.34 Å². The summed E-state index contributed by atoms with van der Waals surface area (Å²) in [6.45, 7) is 3.27. The summed E-state index contributed by atoms with van der Waals surface area (Å²) in [6.07, 6.45) is 0. The van der Waals surface area contributed by atoms with Gasteiger partial charge in [-0.1, -0.05) is 65.6 Å². The number of morpholine rings is 1. The van der Waals surface area contributed by atoms with Gasteiger partial charge in [0.25, 0.3) is 0 Å². The second-order valence-electron chi connectivity index (χ2n) is 6.09. The fraction of sp³-hybridized carbons (Fsp3) is 0.250. The number of rotatable bonds is 5. The summed E-state index contributed by atoms with van der Waals surface area (Å²) in [7, 11) is 0. The predicted molar refractivity (Wildman–Crippen MR) is 109 cm³/mol. The summed E-state index contributed by atoms with van der Waals surface area (Å²) in [5.41, 5.74) is 3.95. The Morgan fingerprint density at radius 3 is 2.63 bits per heavy atom. The van der Waals surface area contributed by atoms with Crippen LogP contribution in [0.15, 0.2) is 52.9 Å². The van der Waals surface area contributed by atoms with Gasteiger partial charge in [-0.25, -0.2) is 0 Å². The first-order chi connectivity index (χ1) is 13.3. The molecule has 3 aromatic rings. The zero-order valence-electron chi connectivity index (χ0n) is 14.7. The molecule has 0 bridgehead atoms. The number of nitriles is 1. The van der Waals surface area contributed by atoms with Crippen molar-refractivity contribution in [1.82, 2.24) is 10.2 Å². The zero-order valence-corrected chi connectivity index (χ0v) is 16.3. The molecule has 1 aliphatic rings. The van der Waals surface area contributed by atoms with Gasteiger partial charge < -0.3 is 9.64 Å². The molecule has 0 amide bonds. The van der Waals surface area contributed by atoms with Gasteiger partial charge in [0, 0.05) is 18.8 Å². The molecule has 2 heterocycles. The van der Waals surface area contributed by atoms with E-state index < -0.39 is 0 Å². The molecule has 1 aromatic heterocycles. The number of hydrogen-bond donors (Lipinski definition) is 0. The van der Waals surface area contributed by atoms with Crippen LogP contribution < -0.4 is 4.90 Å². The van der Waals surface area contributed by atoms with Crippen molar-refractivity contribution in [1.29, 1.82) is 5.26 Å². The highest BCUT2D eigenvalue weighted by Crippen LogP contribution is 2.31. The molecule has 136 valence electrons. The lowest BCUT2D eigenvalue weighted by Crippen LogP contribution is -2.36. The quantitative estimate of drug-likeness (QED) is 0.604. The number of nitrogens with zero attached hydrogens (tertiary/aromatic N) is 4. The number of anilines is 1. The Morgan fingerprint density at radius 2 is 1.85 bits per heavy atom. The first kappa shape index (κ1) is 18.0. The number of hydrogen-bond acceptors (Lipinski definition) is 7. The Bertz CT molecular complexity index is 943. The smallest absolute Gasteiger partial charge is 0.209 e. The minimum atomic E-state index is 0.698. The third-order valence-corrected chi connectivity index (χ3v) is 6.54. The second-order valence-corrected chi connectivity index (χ2v) is 8.27. The molecule has 0 radical (unpaired) electrons. The molecule has 5 nitrogen and oxygen atoms in total. The van der Waals surface area contributed by atoms with E-state index in [-0.39, 0.29) is 0 Å². The molecule has 0 atom stereocenters. The summed E-state index contributed by atoms with van der Waals surface area (Å²) >= 11 is 3.34. The molecule has 2 aromatic carbocycles. The van der Waals surface area contributed by atoms with Crippen LogP contribution in [0.3, 0.4) is 0 Å². The minimum Gasteiger partial charge on any atom is -0.378 e. The van der Waals surface area contributed by atoms with Gasteiger partial charge in [0.2, 0.25) is 5.13 Å². The van der Waals surface area contributed by atoms with Crippen molar-refractivity contribution in [2.45, 2.75) is 10.1 Å². The molecule has 27 heavy (non-hydrogen) atoms. The number of benzene rings is 2. The highest BCUT2D eigenvalue weighted by atomic mass is 32.2. The highest BCUT2D eigenvalue weighted by Gasteiger charge is 2.16. The van der Waals surface area contributed by atoms with Crippen LogP contribution in [0.25, 0.3) is 11.1 Å². The van der Waals surface area contributed by atoms with Crippen LogP contribution in [-0.4, -0.2) is 36.5 Å². The monoisotopic (exact) mass is 394 g/mol. The lowest BCUT2D eigenvalue weighted by atomic mass is 10.00. The van der Waals surface area contributed by atoms with Crippen LogP contribution in [0, 0.1) is 11.3 Å². The van der Waals surface area contributed by atoms with E-state index in [1.54, 1.807) is 23.1 Å². The van der Waals surface area contributed by atoms with E-state index in [2.05, 4.69) is 45.4 Å². The van der Waals surface area contributed by atoms with Crippen LogP contribution in [0.1, 0.15) is 11.1 Å². The maximum Gasteiger partial charge on any atom is 0.209 e. The van der Waals surface area contributed by atoms with Crippen LogP contribution in [-0.2, 0) is 10.5 Å². The molecule has 0 spiro atoms. The van der Waals surface area contributed by atoms with Gasteiger partial charge >= 0.3 is 0 Å². The molecule has 0 aliphatic carbocycles. The van der Waals surface area contributed by atoms with Crippen molar-refractivity contribution in [2.75, 3.05) is 31.2 Å². The standard InChI is InChI=1S/C20H18N4OS2/c21-13-17-3-1-2-4-18(17)16-7-5-15(6-8-16)14-26-20-23-22-19(27-20)24-9-11-25-12-10-24/h1-8H,9-12,14H2. The van der Waals surface area contributed by atoms with Gasteiger partial charge in [-0.3, -0.25) is 0 Å². The lowest BCUT2D eigenvalue weighted by molar-refractivity contribution is 0.122. The van der Waals surface area contributed by atoms with Crippen molar-refractivity contribution >= 4 is 28.2 Å². The zero-order chi connectivity index (χ0) is 18.5. The maximum atomic E-state index is 9.27. The summed E-state index contributed by atoms with van der Waals surface area (Å²) in [4.78, 5) is 2.23. The third-order valence-electron chi connectivity index (χ3n) is 4.35. The van der Waals surface area contributed by atoms with Gasteiger partial charge in [-0.2, -0.15) is 5.26 Å². The summed E-state index contributed by atoms with van der Waals surface area (Å²) in [6, 6.07) is 18.3. The Morgan fingerprint density at radius 1 is 1.07 bits per heavy atom. The molecule has 1 fully saturated rings. The van der Waals surface area contributed by atoms with E-state index in [0.717, 1.165) is 52.7 Å². The average molecular weight is 395 g/mol. The van der Waals surface area contributed by atoms with Gasteiger partial charge in [0.1, 0.15) is 0 Å². The molecule has 0 saturated carbocycles. The summed E-state index contributed by atoms with van der Waals surface area (Å²) in [5.74, 6) is 0.845. The van der Waals surface area contributed by atoms with Crippen molar-refractivity contribution in [3.8, 4) is 17.2 Å². The van der Waals surface area contributed by atoms with E-state index in [9.17, 15) is 5.26 Å². The summed E-state index contributed by atoms with van der Waals surface area (Å²) in [5, 5.41) is 18.9. The maximum absolute atomic E-state index is 9.27. The van der Waals surface area contributed by atoms with E-state index in [4.69, 9.17) is 4.74 Å². The van der Waals surface area contributed by atoms with E-state index in [0.29, 0.717) is 5.56 Å². The van der Waals surface area contributed by atoms with Crippen LogP contribution in [0.2, 0.25) is 0 Å². The molecular weight excluding hydrogens is 376 g/mol. The number of thioether (sulfide) groups is 1. The first-order valence-electron chi connectivity index (χ1n) is 8.71. The normalized spacial score (nSPS) is 14.1. The fourth-order valence-electron chi connectivity index (χ4n) is 2.90. The number of ether oxygens (including phenoxy) is 1. The van der Waals surface area contributed by atoms with E-state index in [1.807, 2.05) is 24.3 Å². The molecule has 7 heteroatoms. The third kappa shape index (κ3) is 4.30. The average Bonchev–Trinajstić information content (AvgIpc) is 3.22. The van der Waals surface area contributed by atoms with Crippen molar-refractivity contribution < 1.29 is 4.74 Å². The van der Waals surface area contributed by atoms with E-state index >= 15 is 0 Å². The highest BCUT2D eigenvalue weighted by molar-refractivity contribution is 8.00.